The van der Waals surface area contributed by atoms with Gasteiger partial charge in [-0.05, 0) is 53.9 Å². The van der Waals surface area contributed by atoms with Crippen LogP contribution in [-0.4, -0.2) is 46.9 Å². The second-order valence-electron chi connectivity index (χ2n) is 6.92. The zero-order valence-electron chi connectivity index (χ0n) is 16.7. The number of benzene rings is 2. The van der Waals surface area contributed by atoms with E-state index in [0.29, 0.717) is 41.8 Å². The van der Waals surface area contributed by atoms with Crippen LogP contribution in [0.2, 0.25) is 0 Å². The molecule has 8 nitrogen and oxygen atoms in total. The molecular formula is C21H22FN5O3. The molecule has 9 heteroatoms. The average molecular weight is 411 g/mol. The van der Waals surface area contributed by atoms with Gasteiger partial charge in [0.15, 0.2) is 17.3 Å². The third kappa shape index (κ3) is 4.05. The van der Waals surface area contributed by atoms with E-state index in [1.165, 1.54) is 12.1 Å². The van der Waals surface area contributed by atoms with Crippen molar-refractivity contribution in [2.75, 3.05) is 20.8 Å². The average Bonchev–Trinajstić information content (AvgIpc) is 3.25. The molecule has 0 saturated heterocycles. The summed E-state index contributed by atoms with van der Waals surface area (Å²) in [6.45, 7) is 1.30. The number of H-pyrrole nitrogens is 1. The first kappa shape index (κ1) is 19.7. The van der Waals surface area contributed by atoms with E-state index >= 15 is 0 Å². The summed E-state index contributed by atoms with van der Waals surface area (Å²) in [5, 5.41) is 9.79. The van der Waals surface area contributed by atoms with Crippen LogP contribution in [0.5, 0.6) is 11.5 Å². The topological polar surface area (TPSA) is 92.4 Å². The molecule has 0 fully saturated rings. The van der Waals surface area contributed by atoms with Gasteiger partial charge in [-0.1, -0.05) is 0 Å². The standard InChI is InChI=1S/C21H22FN5O3/c1-29-17-9-14-7-8-27(12-15(14)10-18(17)30-2)21(28)23-11-19-24-20(26-25-19)13-3-5-16(22)6-4-13/h3-6,9-10H,7-8,11-12H2,1-2H3,(H,23,28)(H,24,25,26). The van der Waals surface area contributed by atoms with E-state index in [0.717, 1.165) is 17.5 Å². The molecule has 2 heterocycles. The number of aromatic amines is 1. The van der Waals surface area contributed by atoms with Crippen molar-refractivity contribution in [1.29, 1.82) is 0 Å². The number of methoxy groups -OCH3 is 2. The summed E-state index contributed by atoms with van der Waals surface area (Å²) >= 11 is 0. The molecule has 2 aromatic carbocycles. The minimum Gasteiger partial charge on any atom is -0.493 e. The third-order valence-corrected chi connectivity index (χ3v) is 5.05. The SMILES string of the molecule is COc1cc2c(cc1OC)CN(C(=O)NCc1nc(-c3ccc(F)cc3)n[nH]1)CC2. The third-order valence-electron chi connectivity index (χ3n) is 5.05. The number of carbonyl (C=O) groups excluding carboxylic acids is 1. The maximum absolute atomic E-state index is 13.1. The number of rotatable bonds is 5. The van der Waals surface area contributed by atoms with Crippen molar-refractivity contribution in [1.82, 2.24) is 25.4 Å². The van der Waals surface area contributed by atoms with E-state index in [1.54, 1.807) is 31.3 Å². The van der Waals surface area contributed by atoms with E-state index in [4.69, 9.17) is 9.47 Å². The first-order valence-corrected chi connectivity index (χ1v) is 9.51. The van der Waals surface area contributed by atoms with Crippen LogP contribution in [0.15, 0.2) is 36.4 Å². The number of amides is 2. The van der Waals surface area contributed by atoms with Gasteiger partial charge in [-0.2, -0.15) is 5.10 Å². The number of hydrogen-bond acceptors (Lipinski definition) is 5. The van der Waals surface area contributed by atoms with Crippen molar-refractivity contribution >= 4 is 6.03 Å². The van der Waals surface area contributed by atoms with Crippen LogP contribution in [0.3, 0.4) is 0 Å². The van der Waals surface area contributed by atoms with Crippen molar-refractivity contribution in [3.63, 3.8) is 0 Å². The van der Waals surface area contributed by atoms with Crippen LogP contribution in [0.25, 0.3) is 11.4 Å². The molecule has 0 unspecified atom stereocenters. The van der Waals surface area contributed by atoms with Crippen molar-refractivity contribution < 1.29 is 18.7 Å². The van der Waals surface area contributed by atoms with Crippen LogP contribution < -0.4 is 14.8 Å². The van der Waals surface area contributed by atoms with Gasteiger partial charge >= 0.3 is 6.03 Å². The summed E-state index contributed by atoms with van der Waals surface area (Å²) < 4.78 is 23.8. The van der Waals surface area contributed by atoms with E-state index in [2.05, 4.69) is 20.5 Å². The Morgan fingerprint density at radius 2 is 1.87 bits per heavy atom. The van der Waals surface area contributed by atoms with Gasteiger partial charge in [0.05, 0.1) is 20.8 Å². The summed E-state index contributed by atoms with van der Waals surface area (Å²) in [6.07, 6.45) is 0.736. The van der Waals surface area contributed by atoms with Crippen LogP contribution in [0, 0.1) is 5.82 Å². The second-order valence-corrected chi connectivity index (χ2v) is 6.92. The fourth-order valence-corrected chi connectivity index (χ4v) is 3.43. The maximum Gasteiger partial charge on any atom is 0.318 e. The summed E-state index contributed by atoms with van der Waals surface area (Å²) in [6, 6.07) is 9.62. The van der Waals surface area contributed by atoms with Gasteiger partial charge in [0.2, 0.25) is 0 Å². The molecular weight excluding hydrogens is 389 g/mol. The highest BCUT2D eigenvalue weighted by molar-refractivity contribution is 5.74. The van der Waals surface area contributed by atoms with E-state index < -0.39 is 0 Å². The van der Waals surface area contributed by atoms with Crippen molar-refractivity contribution in [3.05, 3.63) is 59.2 Å². The Kier molecular flexibility index (Phi) is 5.51. The zero-order valence-corrected chi connectivity index (χ0v) is 16.7. The Labute approximate surface area is 173 Å². The number of aromatic nitrogens is 3. The second kappa shape index (κ2) is 8.40. The lowest BCUT2D eigenvalue weighted by atomic mass is 9.99. The van der Waals surface area contributed by atoms with E-state index in [9.17, 15) is 9.18 Å². The number of halogens is 1. The summed E-state index contributed by atoms with van der Waals surface area (Å²) in [4.78, 5) is 18.7. The smallest absolute Gasteiger partial charge is 0.318 e. The van der Waals surface area contributed by atoms with Crippen molar-refractivity contribution in [2.24, 2.45) is 0 Å². The van der Waals surface area contributed by atoms with Gasteiger partial charge in [-0.25, -0.2) is 14.2 Å². The monoisotopic (exact) mass is 411 g/mol. The van der Waals surface area contributed by atoms with Crippen LogP contribution in [0.1, 0.15) is 17.0 Å². The minimum absolute atomic E-state index is 0.185. The van der Waals surface area contributed by atoms with E-state index in [-0.39, 0.29) is 18.4 Å². The molecule has 2 amide bonds. The van der Waals surface area contributed by atoms with Gasteiger partial charge in [-0.3, -0.25) is 5.10 Å². The molecule has 4 rings (SSSR count). The molecule has 156 valence electrons. The quantitative estimate of drug-likeness (QED) is 0.674. The first-order valence-electron chi connectivity index (χ1n) is 9.51. The predicted octanol–water partition coefficient (Wildman–Crippen LogP) is 2.90. The molecule has 1 aromatic heterocycles. The van der Waals surface area contributed by atoms with Crippen LogP contribution in [-0.2, 0) is 19.5 Å². The highest BCUT2D eigenvalue weighted by Gasteiger charge is 2.23. The number of nitrogens with one attached hydrogen (secondary N) is 2. The highest BCUT2D eigenvalue weighted by Crippen LogP contribution is 2.33. The number of hydrogen-bond donors (Lipinski definition) is 2. The Morgan fingerprint density at radius 1 is 1.17 bits per heavy atom. The Morgan fingerprint density at radius 3 is 2.57 bits per heavy atom. The van der Waals surface area contributed by atoms with Gasteiger partial charge in [0.25, 0.3) is 0 Å². The van der Waals surface area contributed by atoms with Gasteiger partial charge in [0, 0.05) is 18.7 Å². The van der Waals surface area contributed by atoms with Gasteiger partial charge in [0.1, 0.15) is 11.6 Å². The zero-order chi connectivity index (χ0) is 21.1. The summed E-state index contributed by atoms with van der Waals surface area (Å²) in [5.41, 5.74) is 2.88. The predicted molar refractivity (Wildman–Crippen MR) is 108 cm³/mol. The van der Waals surface area contributed by atoms with Crippen molar-refractivity contribution in [2.45, 2.75) is 19.5 Å². The summed E-state index contributed by atoms with van der Waals surface area (Å²) in [5.74, 6) is 1.99. The molecule has 0 aliphatic carbocycles. The Balaban J connectivity index is 1.38. The van der Waals surface area contributed by atoms with Crippen LogP contribution in [0.4, 0.5) is 9.18 Å². The fraction of sp³-hybridized carbons (Fsp3) is 0.286. The largest absolute Gasteiger partial charge is 0.493 e. The number of urea groups is 1. The number of carbonyl (C=O) groups is 1. The molecule has 3 aromatic rings. The molecule has 2 N–H and O–H groups in total. The molecule has 0 atom stereocenters. The van der Waals surface area contributed by atoms with Gasteiger partial charge in [-0.15, -0.1) is 0 Å². The number of nitrogens with zero attached hydrogens (tertiary/aromatic N) is 3. The number of ether oxygens (including phenoxy) is 2. The molecule has 0 radical (unpaired) electrons. The lowest BCUT2D eigenvalue weighted by Gasteiger charge is -2.29. The minimum atomic E-state index is -0.319. The molecule has 0 spiro atoms. The molecule has 0 bridgehead atoms. The fourth-order valence-electron chi connectivity index (χ4n) is 3.43. The highest BCUT2D eigenvalue weighted by atomic mass is 19.1. The van der Waals surface area contributed by atoms with Crippen molar-refractivity contribution in [3.8, 4) is 22.9 Å². The molecule has 1 aliphatic rings. The molecule has 1 aliphatic heterocycles. The first-order chi connectivity index (χ1) is 14.6. The summed E-state index contributed by atoms with van der Waals surface area (Å²) in [7, 11) is 3.20. The number of fused-ring (bicyclic) bond motifs is 1. The molecule has 30 heavy (non-hydrogen) atoms. The lowest BCUT2D eigenvalue weighted by Crippen LogP contribution is -2.42. The molecule has 0 saturated carbocycles. The van der Waals surface area contributed by atoms with Gasteiger partial charge < -0.3 is 19.7 Å². The van der Waals surface area contributed by atoms with E-state index in [1.807, 2.05) is 12.1 Å². The normalized spacial score (nSPS) is 13.0. The lowest BCUT2D eigenvalue weighted by molar-refractivity contribution is 0.191. The maximum atomic E-state index is 13.1. The Bertz CT molecular complexity index is 1050. The Hall–Kier alpha value is -3.62. The van der Waals surface area contributed by atoms with Crippen LogP contribution >= 0.6 is 0 Å².